The first-order valence-electron chi connectivity index (χ1n) is 4.90. The summed E-state index contributed by atoms with van der Waals surface area (Å²) in [6.07, 6.45) is 2.01. The normalized spacial score (nSPS) is 10.1. The minimum atomic E-state index is 0.421. The summed E-state index contributed by atoms with van der Waals surface area (Å²) in [7, 11) is 1.68. The number of hydrogen-bond donors (Lipinski definition) is 2. The summed E-state index contributed by atoms with van der Waals surface area (Å²) in [5, 5.41) is 3.26. The largest absolute Gasteiger partial charge is 0.389 e. The standard InChI is InChI=1S/C11H16N2OS2/c1-14-7-6-13-8-4-3-5-9(16-2)10(8)11(12)15/h3-5,13H,6-7H2,1-2H3,(H2,12,15). The molecule has 3 nitrogen and oxygen atoms in total. The molecule has 0 spiro atoms. The summed E-state index contributed by atoms with van der Waals surface area (Å²) in [4.78, 5) is 1.51. The first kappa shape index (κ1) is 13.3. The van der Waals surface area contributed by atoms with Crippen molar-refractivity contribution in [3.63, 3.8) is 0 Å². The zero-order valence-corrected chi connectivity index (χ0v) is 11.1. The number of thioether (sulfide) groups is 1. The van der Waals surface area contributed by atoms with Gasteiger partial charge < -0.3 is 15.8 Å². The van der Waals surface area contributed by atoms with Gasteiger partial charge in [-0.15, -0.1) is 11.8 Å². The van der Waals surface area contributed by atoms with E-state index in [1.165, 1.54) is 0 Å². The zero-order chi connectivity index (χ0) is 12.0. The van der Waals surface area contributed by atoms with Crippen molar-refractivity contribution < 1.29 is 4.74 Å². The molecule has 0 aromatic heterocycles. The molecule has 5 heteroatoms. The van der Waals surface area contributed by atoms with Gasteiger partial charge in [0.1, 0.15) is 4.99 Å². The van der Waals surface area contributed by atoms with Crippen molar-refractivity contribution in [2.45, 2.75) is 4.90 Å². The monoisotopic (exact) mass is 256 g/mol. The van der Waals surface area contributed by atoms with Crippen LogP contribution in [0.4, 0.5) is 5.69 Å². The van der Waals surface area contributed by atoms with E-state index in [9.17, 15) is 0 Å². The first-order chi connectivity index (χ1) is 7.70. The van der Waals surface area contributed by atoms with Crippen molar-refractivity contribution >= 4 is 34.7 Å². The third-order valence-electron chi connectivity index (χ3n) is 2.11. The Bertz CT molecular complexity index is 369. The van der Waals surface area contributed by atoms with Gasteiger partial charge in [0.05, 0.1) is 6.61 Å². The molecule has 0 bridgehead atoms. The van der Waals surface area contributed by atoms with E-state index in [-0.39, 0.29) is 0 Å². The number of nitrogens with two attached hydrogens (primary N) is 1. The maximum atomic E-state index is 5.74. The summed E-state index contributed by atoms with van der Waals surface area (Å²) >= 11 is 6.71. The van der Waals surface area contributed by atoms with Gasteiger partial charge in [0.2, 0.25) is 0 Å². The number of ether oxygens (including phenoxy) is 1. The lowest BCUT2D eigenvalue weighted by Gasteiger charge is -2.13. The van der Waals surface area contributed by atoms with Crippen LogP contribution >= 0.6 is 24.0 Å². The van der Waals surface area contributed by atoms with Gasteiger partial charge in [-0.1, -0.05) is 18.3 Å². The molecule has 0 aliphatic carbocycles. The summed E-state index contributed by atoms with van der Waals surface area (Å²) in [6.45, 7) is 1.39. The summed E-state index contributed by atoms with van der Waals surface area (Å²) in [6, 6.07) is 5.98. The van der Waals surface area contributed by atoms with Crippen LogP contribution in [0.15, 0.2) is 23.1 Å². The second-order valence-electron chi connectivity index (χ2n) is 3.17. The maximum absolute atomic E-state index is 5.74. The van der Waals surface area contributed by atoms with Crippen molar-refractivity contribution in [1.82, 2.24) is 0 Å². The SMILES string of the molecule is COCCNc1cccc(SC)c1C(N)=S. The van der Waals surface area contributed by atoms with Crippen molar-refractivity contribution in [2.75, 3.05) is 31.8 Å². The Morgan fingerprint density at radius 3 is 2.88 bits per heavy atom. The molecule has 0 atom stereocenters. The summed E-state index contributed by atoms with van der Waals surface area (Å²) in [5.74, 6) is 0. The molecule has 1 rings (SSSR count). The lowest BCUT2D eigenvalue weighted by molar-refractivity contribution is 0.211. The van der Waals surface area contributed by atoms with Crippen LogP contribution in [0.25, 0.3) is 0 Å². The second kappa shape index (κ2) is 6.73. The van der Waals surface area contributed by atoms with Gasteiger partial charge in [-0.05, 0) is 18.4 Å². The lowest BCUT2D eigenvalue weighted by Crippen LogP contribution is -2.16. The highest BCUT2D eigenvalue weighted by Gasteiger charge is 2.09. The average Bonchev–Trinajstić information content (AvgIpc) is 2.28. The number of methoxy groups -OCH3 is 1. The highest BCUT2D eigenvalue weighted by atomic mass is 32.2. The summed E-state index contributed by atoms with van der Waals surface area (Å²) < 4.78 is 4.99. The third-order valence-corrected chi connectivity index (χ3v) is 3.10. The van der Waals surface area contributed by atoms with Gasteiger partial charge in [-0.2, -0.15) is 0 Å². The first-order valence-corrected chi connectivity index (χ1v) is 6.53. The lowest BCUT2D eigenvalue weighted by atomic mass is 10.1. The molecule has 88 valence electrons. The van der Waals surface area contributed by atoms with Gasteiger partial charge in [-0.25, -0.2) is 0 Å². The highest BCUT2D eigenvalue weighted by Crippen LogP contribution is 2.26. The van der Waals surface area contributed by atoms with Crippen LogP contribution in [0.5, 0.6) is 0 Å². The van der Waals surface area contributed by atoms with E-state index in [0.29, 0.717) is 11.6 Å². The van der Waals surface area contributed by atoms with Crippen LogP contribution in [0.2, 0.25) is 0 Å². The average molecular weight is 256 g/mol. The van der Waals surface area contributed by atoms with Gasteiger partial charge in [0, 0.05) is 29.8 Å². The van der Waals surface area contributed by atoms with E-state index in [0.717, 1.165) is 22.7 Å². The summed E-state index contributed by atoms with van der Waals surface area (Å²) in [5.41, 5.74) is 7.63. The van der Waals surface area contributed by atoms with E-state index < -0.39 is 0 Å². The molecular formula is C11H16N2OS2. The maximum Gasteiger partial charge on any atom is 0.107 e. The molecule has 16 heavy (non-hydrogen) atoms. The molecule has 0 aliphatic heterocycles. The van der Waals surface area contributed by atoms with Crippen molar-refractivity contribution in [3.05, 3.63) is 23.8 Å². The quantitative estimate of drug-likeness (QED) is 0.464. The molecule has 0 fully saturated rings. The predicted octanol–water partition coefficient (Wildman–Crippen LogP) is 2.10. The van der Waals surface area contributed by atoms with Crippen LogP contribution in [0.3, 0.4) is 0 Å². The minimum Gasteiger partial charge on any atom is -0.389 e. The number of anilines is 1. The number of nitrogens with one attached hydrogen (secondary N) is 1. The molecule has 0 amide bonds. The van der Waals surface area contributed by atoms with Crippen molar-refractivity contribution in [2.24, 2.45) is 5.73 Å². The third kappa shape index (κ3) is 3.37. The van der Waals surface area contributed by atoms with E-state index in [4.69, 9.17) is 22.7 Å². The predicted molar refractivity (Wildman–Crippen MR) is 74.5 cm³/mol. The fourth-order valence-corrected chi connectivity index (χ4v) is 2.31. The van der Waals surface area contributed by atoms with Crippen LogP contribution in [-0.2, 0) is 4.74 Å². The molecule has 0 heterocycles. The topological polar surface area (TPSA) is 47.3 Å². The molecule has 0 saturated carbocycles. The Morgan fingerprint density at radius 2 is 2.31 bits per heavy atom. The minimum absolute atomic E-state index is 0.421. The number of hydrogen-bond acceptors (Lipinski definition) is 4. The van der Waals surface area contributed by atoms with Gasteiger partial charge >= 0.3 is 0 Å². The molecule has 1 aromatic carbocycles. The van der Waals surface area contributed by atoms with Gasteiger partial charge in [-0.3, -0.25) is 0 Å². The van der Waals surface area contributed by atoms with E-state index in [1.54, 1.807) is 18.9 Å². The molecule has 3 N–H and O–H groups in total. The number of rotatable bonds is 6. The Morgan fingerprint density at radius 1 is 1.56 bits per heavy atom. The van der Waals surface area contributed by atoms with Gasteiger partial charge in [0.15, 0.2) is 0 Å². The molecule has 1 aromatic rings. The van der Waals surface area contributed by atoms with Crippen molar-refractivity contribution in [1.29, 1.82) is 0 Å². The fraction of sp³-hybridized carbons (Fsp3) is 0.364. The van der Waals surface area contributed by atoms with E-state index >= 15 is 0 Å². The zero-order valence-electron chi connectivity index (χ0n) is 9.45. The Labute approximate surface area is 106 Å². The van der Waals surface area contributed by atoms with Gasteiger partial charge in [0.25, 0.3) is 0 Å². The number of thiocarbonyl (C=S) groups is 1. The molecule has 0 unspecified atom stereocenters. The second-order valence-corrected chi connectivity index (χ2v) is 4.45. The highest BCUT2D eigenvalue weighted by molar-refractivity contribution is 7.98. The van der Waals surface area contributed by atoms with E-state index in [1.807, 2.05) is 24.5 Å². The molecule has 0 saturated heterocycles. The van der Waals surface area contributed by atoms with Crippen LogP contribution < -0.4 is 11.1 Å². The number of benzene rings is 1. The van der Waals surface area contributed by atoms with Crippen molar-refractivity contribution in [3.8, 4) is 0 Å². The van der Waals surface area contributed by atoms with Crippen LogP contribution in [0, 0.1) is 0 Å². The fourth-order valence-electron chi connectivity index (χ4n) is 1.39. The molecule has 0 radical (unpaired) electrons. The smallest absolute Gasteiger partial charge is 0.107 e. The Balaban J connectivity index is 2.93. The van der Waals surface area contributed by atoms with Crippen LogP contribution in [0.1, 0.15) is 5.56 Å². The van der Waals surface area contributed by atoms with E-state index in [2.05, 4.69) is 5.32 Å². The Hall–Kier alpha value is -0.780. The Kier molecular flexibility index (Phi) is 5.59. The van der Waals surface area contributed by atoms with Crippen LogP contribution in [-0.4, -0.2) is 31.5 Å². The molecule has 0 aliphatic rings. The molecular weight excluding hydrogens is 240 g/mol.